The summed E-state index contributed by atoms with van der Waals surface area (Å²) in [5.41, 5.74) is -1.78. The molecule has 2 bridgehead atoms. The second kappa shape index (κ2) is 3.78. The van der Waals surface area contributed by atoms with Crippen molar-refractivity contribution in [1.82, 2.24) is 9.55 Å². The Hall–Kier alpha value is -1.44. The third-order valence-electron chi connectivity index (χ3n) is 3.73. The van der Waals surface area contributed by atoms with Gasteiger partial charge in [0.05, 0.1) is 6.61 Å². The molecule has 0 saturated carbocycles. The van der Waals surface area contributed by atoms with E-state index in [-0.39, 0.29) is 0 Å². The highest BCUT2D eigenvalue weighted by Gasteiger charge is 2.60. The lowest BCUT2D eigenvalue weighted by Gasteiger charge is -2.30. The molecule has 1 aromatic heterocycles. The lowest BCUT2D eigenvalue weighted by Crippen LogP contribution is -2.41. The van der Waals surface area contributed by atoms with Gasteiger partial charge >= 0.3 is 5.69 Å². The van der Waals surface area contributed by atoms with E-state index in [0.29, 0.717) is 13.0 Å². The molecule has 0 aliphatic carbocycles. The molecule has 4 atom stereocenters. The number of aromatic amines is 1. The molecular formula is C11H14N2O5. The number of aliphatic hydroxyl groups is 1. The van der Waals surface area contributed by atoms with E-state index in [1.165, 1.54) is 16.8 Å². The Bertz CT molecular complexity index is 579. The van der Waals surface area contributed by atoms with Crippen LogP contribution in [0.3, 0.4) is 0 Å². The van der Waals surface area contributed by atoms with E-state index in [1.807, 2.05) is 6.92 Å². The first-order valence-corrected chi connectivity index (χ1v) is 5.86. The maximum Gasteiger partial charge on any atom is 0.330 e. The fourth-order valence-electron chi connectivity index (χ4n) is 2.60. The van der Waals surface area contributed by atoms with Gasteiger partial charge in [-0.3, -0.25) is 14.3 Å². The van der Waals surface area contributed by atoms with Gasteiger partial charge in [-0.15, -0.1) is 0 Å². The van der Waals surface area contributed by atoms with E-state index < -0.39 is 35.3 Å². The number of hydrogen-bond acceptors (Lipinski definition) is 5. The number of hydrogen-bond donors (Lipinski definition) is 2. The highest BCUT2D eigenvalue weighted by molar-refractivity contribution is 5.06. The zero-order chi connectivity index (χ0) is 12.9. The van der Waals surface area contributed by atoms with Gasteiger partial charge in [-0.05, 0) is 6.42 Å². The summed E-state index contributed by atoms with van der Waals surface area (Å²) in [5.74, 6) is 0. The van der Waals surface area contributed by atoms with Crippen LogP contribution in [0.2, 0.25) is 0 Å². The van der Waals surface area contributed by atoms with Crippen LogP contribution in [0.4, 0.5) is 0 Å². The van der Waals surface area contributed by atoms with E-state index in [0.717, 1.165) is 0 Å². The van der Waals surface area contributed by atoms with Crippen LogP contribution >= 0.6 is 0 Å². The summed E-state index contributed by atoms with van der Waals surface area (Å²) in [5, 5.41) is 10.1. The molecule has 2 aliphatic heterocycles. The first kappa shape index (κ1) is 11.6. The van der Waals surface area contributed by atoms with Gasteiger partial charge in [0.1, 0.15) is 17.8 Å². The Morgan fingerprint density at radius 3 is 3.00 bits per heavy atom. The average molecular weight is 254 g/mol. The number of ether oxygens (including phenoxy) is 2. The zero-order valence-electron chi connectivity index (χ0n) is 9.83. The van der Waals surface area contributed by atoms with E-state index >= 15 is 0 Å². The molecule has 2 saturated heterocycles. The molecule has 2 fully saturated rings. The van der Waals surface area contributed by atoms with Crippen LogP contribution in [0.15, 0.2) is 21.9 Å². The van der Waals surface area contributed by atoms with Crippen molar-refractivity contribution in [3.8, 4) is 0 Å². The van der Waals surface area contributed by atoms with Gasteiger partial charge in [0, 0.05) is 12.3 Å². The first-order chi connectivity index (χ1) is 8.57. The Kier molecular flexibility index (Phi) is 2.44. The molecule has 3 heterocycles. The summed E-state index contributed by atoms with van der Waals surface area (Å²) in [6.45, 7) is 2.22. The Morgan fingerprint density at radius 2 is 2.39 bits per heavy atom. The molecule has 7 heteroatoms. The molecular weight excluding hydrogens is 240 g/mol. The molecule has 2 N–H and O–H groups in total. The van der Waals surface area contributed by atoms with Crippen molar-refractivity contribution >= 4 is 0 Å². The van der Waals surface area contributed by atoms with Crippen molar-refractivity contribution in [2.24, 2.45) is 0 Å². The van der Waals surface area contributed by atoms with Gasteiger partial charge in [-0.25, -0.2) is 4.79 Å². The first-order valence-electron chi connectivity index (χ1n) is 5.86. The average Bonchev–Trinajstić information content (AvgIpc) is 2.81. The summed E-state index contributed by atoms with van der Waals surface area (Å²) in [6, 6.07) is 1.24. The van der Waals surface area contributed by atoms with Crippen LogP contribution in [0.25, 0.3) is 0 Å². The molecule has 7 nitrogen and oxygen atoms in total. The predicted octanol–water partition coefficient (Wildman–Crippen LogP) is -1.03. The fraction of sp³-hybridized carbons (Fsp3) is 0.636. The van der Waals surface area contributed by atoms with Crippen molar-refractivity contribution in [2.45, 2.75) is 37.4 Å². The van der Waals surface area contributed by atoms with E-state index in [1.54, 1.807) is 0 Å². The zero-order valence-corrected chi connectivity index (χ0v) is 9.83. The molecule has 0 amide bonds. The van der Waals surface area contributed by atoms with Gasteiger partial charge in [0.25, 0.3) is 5.56 Å². The van der Waals surface area contributed by atoms with Crippen molar-refractivity contribution in [3.63, 3.8) is 0 Å². The normalized spacial score (nSPS) is 38.2. The molecule has 3 rings (SSSR count). The van der Waals surface area contributed by atoms with Gasteiger partial charge < -0.3 is 14.6 Å². The summed E-state index contributed by atoms with van der Waals surface area (Å²) in [7, 11) is 0. The SMILES string of the molecule is CC[C@@]12CO[C@@H]([C@H](n3ccc(=O)[nH]c3=O)O1)[C@@H]2O. The summed E-state index contributed by atoms with van der Waals surface area (Å²) in [6.07, 6.45) is -0.0800. The molecule has 0 radical (unpaired) electrons. The third kappa shape index (κ3) is 1.41. The lowest BCUT2D eigenvalue weighted by molar-refractivity contribution is -0.175. The lowest BCUT2D eigenvalue weighted by atomic mass is 9.96. The Balaban J connectivity index is 2.01. The van der Waals surface area contributed by atoms with E-state index in [2.05, 4.69) is 4.98 Å². The minimum atomic E-state index is -0.758. The number of aliphatic hydroxyl groups excluding tert-OH is 1. The maximum absolute atomic E-state index is 11.7. The van der Waals surface area contributed by atoms with Gasteiger partial charge in [-0.2, -0.15) is 0 Å². The van der Waals surface area contributed by atoms with Crippen molar-refractivity contribution in [1.29, 1.82) is 0 Å². The van der Waals surface area contributed by atoms with Gasteiger partial charge in [-0.1, -0.05) is 6.92 Å². The number of rotatable bonds is 2. The van der Waals surface area contributed by atoms with Crippen molar-refractivity contribution in [3.05, 3.63) is 33.1 Å². The van der Waals surface area contributed by atoms with Crippen LogP contribution in [0, 0.1) is 0 Å². The Labute approximate surface area is 102 Å². The third-order valence-corrected chi connectivity index (χ3v) is 3.73. The largest absolute Gasteiger partial charge is 0.387 e. The van der Waals surface area contributed by atoms with E-state index in [4.69, 9.17) is 9.47 Å². The minimum Gasteiger partial charge on any atom is -0.387 e. The molecule has 2 aliphatic rings. The van der Waals surface area contributed by atoms with Crippen LogP contribution in [0.1, 0.15) is 19.6 Å². The minimum absolute atomic E-state index is 0.323. The molecule has 0 spiro atoms. The number of aromatic nitrogens is 2. The van der Waals surface area contributed by atoms with Crippen LogP contribution in [0.5, 0.6) is 0 Å². The van der Waals surface area contributed by atoms with Crippen molar-refractivity contribution in [2.75, 3.05) is 6.61 Å². The summed E-state index contributed by atoms with van der Waals surface area (Å²) in [4.78, 5) is 24.9. The number of nitrogens with one attached hydrogen (secondary N) is 1. The topological polar surface area (TPSA) is 93.6 Å². The smallest absolute Gasteiger partial charge is 0.330 e. The van der Waals surface area contributed by atoms with Crippen LogP contribution in [-0.4, -0.2) is 39.1 Å². The number of H-pyrrole nitrogens is 1. The molecule has 0 aromatic carbocycles. The van der Waals surface area contributed by atoms with Crippen LogP contribution < -0.4 is 11.2 Å². The maximum atomic E-state index is 11.7. The summed E-state index contributed by atoms with van der Waals surface area (Å²) < 4.78 is 12.5. The molecule has 0 unspecified atom stereocenters. The standard InChI is InChI=1S/C11H14N2O5/c1-2-11-5-17-7(8(11)15)9(18-11)13-4-3-6(14)12-10(13)16/h3-4,7-9,15H,2,5H2,1H3,(H,12,14,16)/t7-,8+,9-,11+/m1/s1. The fourth-order valence-corrected chi connectivity index (χ4v) is 2.60. The second-order valence-corrected chi connectivity index (χ2v) is 4.66. The van der Waals surface area contributed by atoms with Crippen LogP contribution in [-0.2, 0) is 9.47 Å². The molecule has 1 aromatic rings. The predicted molar refractivity (Wildman–Crippen MR) is 60.2 cm³/mol. The van der Waals surface area contributed by atoms with Crippen molar-refractivity contribution < 1.29 is 14.6 Å². The van der Waals surface area contributed by atoms with Gasteiger partial charge in [0.2, 0.25) is 0 Å². The molecule has 18 heavy (non-hydrogen) atoms. The van der Waals surface area contributed by atoms with E-state index in [9.17, 15) is 14.7 Å². The highest BCUT2D eigenvalue weighted by atomic mass is 16.6. The van der Waals surface area contributed by atoms with Gasteiger partial charge in [0.15, 0.2) is 6.23 Å². The molecule has 98 valence electrons. The second-order valence-electron chi connectivity index (χ2n) is 4.66. The number of fused-ring (bicyclic) bond motifs is 2. The number of nitrogens with zero attached hydrogens (tertiary/aromatic N) is 1. The Morgan fingerprint density at radius 1 is 1.61 bits per heavy atom. The highest BCUT2D eigenvalue weighted by Crippen LogP contribution is 2.45. The monoisotopic (exact) mass is 254 g/mol. The quantitative estimate of drug-likeness (QED) is 0.704. The summed E-state index contributed by atoms with van der Waals surface area (Å²) >= 11 is 0.